The Labute approximate surface area is 122 Å². The molecular weight excluding hydrogens is 268 g/mol. The molecule has 0 saturated heterocycles. The van der Waals surface area contributed by atoms with Crippen LogP contribution in [-0.2, 0) is 0 Å². The highest BCUT2D eigenvalue weighted by molar-refractivity contribution is 6.30. The summed E-state index contributed by atoms with van der Waals surface area (Å²) in [4.78, 5) is 8.61. The molecule has 0 radical (unpaired) electrons. The van der Waals surface area contributed by atoms with Crippen LogP contribution in [0.3, 0.4) is 0 Å². The second-order valence-corrected chi connectivity index (χ2v) is 5.22. The first-order valence-electron chi connectivity index (χ1n) is 6.51. The number of fused-ring (bicyclic) bond motifs is 3. The van der Waals surface area contributed by atoms with Crippen molar-refractivity contribution in [3.63, 3.8) is 0 Å². The topological polar surface area (TPSA) is 25.8 Å². The summed E-state index contributed by atoms with van der Waals surface area (Å²) in [6.07, 6.45) is 1.53. The van der Waals surface area contributed by atoms with E-state index in [0.29, 0.717) is 5.15 Å². The molecule has 3 heteroatoms. The van der Waals surface area contributed by atoms with Gasteiger partial charge in [0.05, 0.1) is 5.69 Å². The molecule has 0 bridgehead atoms. The summed E-state index contributed by atoms with van der Waals surface area (Å²) in [7, 11) is 0. The molecule has 1 unspecified atom stereocenters. The van der Waals surface area contributed by atoms with Crippen molar-refractivity contribution < 1.29 is 0 Å². The van der Waals surface area contributed by atoms with Gasteiger partial charge < -0.3 is 0 Å². The summed E-state index contributed by atoms with van der Waals surface area (Å²) in [5.41, 5.74) is 5.59. The zero-order valence-electron chi connectivity index (χ0n) is 10.6. The van der Waals surface area contributed by atoms with Gasteiger partial charge in [0, 0.05) is 17.0 Å². The maximum Gasteiger partial charge on any atom is 0.137 e. The van der Waals surface area contributed by atoms with Gasteiger partial charge in [-0.25, -0.2) is 9.97 Å². The smallest absolute Gasteiger partial charge is 0.137 e. The molecule has 1 aromatic heterocycles. The third-order valence-corrected chi connectivity index (χ3v) is 4.08. The highest BCUT2D eigenvalue weighted by atomic mass is 35.5. The molecular formula is C17H11ClN2. The minimum absolute atomic E-state index is 0.121. The van der Waals surface area contributed by atoms with E-state index in [-0.39, 0.29) is 5.92 Å². The van der Waals surface area contributed by atoms with Gasteiger partial charge in [0.25, 0.3) is 0 Å². The molecule has 0 spiro atoms. The summed E-state index contributed by atoms with van der Waals surface area (Å²) in [6.45, 7) is 0. The van der Waals surface area contributed by atoms with Crippen molar-refractivity contribution in [3.8, 4) is 11.3 Å². The van der Waals surface area contributed by atoms with Crippen LogP contribution in [0.15, 0.2) is 60.9 Å². The van der Waals surface area contributed by atoms with Gasteiger partial charge in [0.2, 0.25) is 0 Å². The first-order chi connectivity index (χ1) is 9.86. The van der Waals surface area contributed by atoms with Gasteiger partial charge in [0.1, 0.15) is 11.5 Å². The van der Waals surface area contributed by atoms with Crippen molar-refractivity contribution in [2.45, 2.75) is 5.92 Å². The van der Waals surface area contributed by atoms with E-state index in [1.165, 1.54) is 17.5 Å². The van der Waals surface area contributed by atoms with Crippen molar-refractivity contribution in [1.82, 2.24) is 9.97 Å². The van der Waals surface area contributed by atoms with Crippen LogP contribution in [0.4, 0.5) is 0 Å². The van der Waals surface area contributed by atoms with Crippen molar-refractivity contribution in [2.75, 3.05) is 0 Å². The van der Waals surface area contributed by atoms with Crippen molar-refractivity contribution >= 4 is 11.6 Å². The fourth-order valence-electron chi connectivity index (χ4n) is 2.96. The van der Waals surface area contributed by atoms with Crippen LogP contribution >= 0.6 is 11.6 Å². The molecule has 0 aliphatic heterocycles. The maximum atomic E-state index is 6.35. The average molecular weight is 279 g/mol. The minimum Gasteiger partial charge on any atom is -0.236 e. The number of benzene rings is 2. The standard InChI is InChI=1S/C17H11ClN2/c18-17-15-14(11-6-2-1-3-7-11)12-8-4-5-9-13(12)16(15)19-10-20-17/h1-10,14H. The zero-order chi connectivity index (χ0) is 13.5. The lowest BCUT2D eigenvalue weighted by Gasteiger charge is -2.14. The summed E-state index contributed by atoms with van der Waals surface area (Å²) >= 11 is 6.35. The molecule has 0 N–H and O–H groups in total. The van der Waals surface area contributed by atoms with Gasteiger partial charge in [-0.1, -0.05) is 66.2 Å². The van der Waals surface area contributed by atoms with E-state index >= 15 is 0 Å². The SMILES string of the molecule is Clc1ncnc2c1C(c1ccccc1)c1ccccc1-2. The van der Waals surface area contributed by atoms with Crippen molar-refractivity contribution in [3.05, 3.63) is 82.8 Å². The first kappa shape index (κ1) is 11.6. The van der Waals surface area contributed by atoms with Crippen LogP contribution in [0.2, 0.25) is 5.15 Å². The van der Waals surface area contributed by atoms with Gasteiger partial charge in [-0.15, -0.1) is 0 Å². The predicted molar refractivity (Wildman–Crippen MR) is 79.9 cm³/mol. The highest BCUT2D eigenvalue weighted by Gasteiger charge is 2.33. The van der Waals surface area contributed by atoms with E-state index in [0.717, 1.165) is 16.8 Å². The van der Waals surface area contributed by atoms with E-state index in [4.69, 9.17) is 11.6 Å². The summed E-state index contributed by atoms with van der Waals surface area (Å²) in [5.74, 6) is 0.121. The van der Waals surface area contributed by atoms with Gasteiger partial charge in [0.15, 0.2) is 0 Å². The van der Waals surface area contributed by atoms with Crippen LogP contribution < -0.4 is 0 Å². The van der Waals surface area contributed by atoms with E-state index in [1.54, 1.807) is 0 Å². The molecule has 20 heavy (non-hydrogen) atoms. The maximum absolute atomic E-state index is 6.35. The number of hydrogen-bond donors (Lipinski definition) is 0. The third-order valence-electron chi connectivity index (χ3n) is 3.78. The van der Waals surface area contributed by atoms with Gasteiger partial charge >= 0.3 is 0 Å². The van der Waals surface area contributed by atoms with Crippen LogP contribution in [0.1, 0.15) is 22.6 Å². The summed E-state index contributed by atoms with van der Waals surface area (Å²) < 4.78 is 0. The Morgan fingerprint density at radius 1 is 0.850 bits per heavy atom. The molecule has 2 aromatic carbocycles. The predicted octanol–water partition coefficient (Wildman–Crippen LogP) is 4.29. The van der Waals surface area contributed by atoms with E-state index in [9.17, 15) is 0 Å². The molecule has 3 aromatic rings. The van der Waals surface area contributed by atoms with Gasteiger partial charge in [-0.05, 0) is 11.1 Å². The molecule has 1 aliphatic rings. The fourth-order valence-corrected chi connectivity index (χ4v) is 3.20. The number of hydrogen-bond acceptors (Lipinski definition) is 2. The number of rotatable bonds is 1. The molecule has 96 valence electrons. The lowest BCUT2D eigenvalue weighted by molar-refractivity contribution is 0.987. The van der Waals surface area contributed by atoms with E-state index in [1.807, 2.05) is 24.3 Å². The van der Waals surface area contributed by atoms with E-state index < -0.39 is 0 Å². The second-order valence-electron chi connectivity index (χ2n) is 4.86. The zero-order valence-corrected chi connectivity index (χ0v) is 11.4. The van der Waals surface area contributed by atoms with Crippen LogP contribution in [0, 0.1) is 0 Å². The Bertz CT molecular complexity index is 784. The van der Waals surface area contributed by atoms with Crippen LogP contribution in [0.25, 0.3) is 11.3 Å². The lowest BCUT2D eigenvalue weighted by Crippen LogP contribution is -2.00. The second kappa shape index (κ2) is 4.43. The van der Waals surface area contributed by atoms with Crippen LogP contribution in [0.5, 0.6) is 0 Å². The Morgan fingerprint density at radius 3 is 2.45 bits per heavy atom. The molecule has 0 amide bonds. The average Bonchev–Trinajstić information content (AvgIpc) is 2.84. The monoisotopic (exact) mass is 278 g/mol. The third kappa shape index (κ3) is 1.58. The molecule has 0 fully saturated rings. The first-order valence-corrected chi connectivity index (χ1v) is 6.88. The van der Waals surface area contributed by atoms with Gasteiger partial charge in [-0.3, -0.25) is 0 Å². The highest BCUT2D eigenvalue weighted by Crippen LogP contribution is 2.48. The molecule has 0 saturated carbocycles. The normalized spacial score (nSPS) is 15.8. The molecule has 1 aliphatic carbocycles. The van der Waals surface area contributed by atoms with Crippen LogP contribution in [-0.4, -0.2) is 9.97 Å². The van der Waals surface area contributed by atoms with Gasteiger partial charge in [-0.2, -0.15) is 0 Å². The molecule has 1 heterocycles. The molecule has 4 rings (SSSR count). The van der Waals surface area contributed by atoms with Crippen molar-refractivity contribution in [1.29, 1.82) is 0 Å². The Balaban J connectivity index is 2.05. The quantitative estimate of drug-likeness (QED) is 0.485. The number of halogens is 1. The molecule has 1 atom stereocenters. The summed E-state index contributed by atoms with van der Waals surface area (Å²) in [5, 5.41) is 0.542. The Morgan fingerprint density at radius 2 is 1.60 bits per heavy atom. The fraction of sp³-hybridized carbons (Fsp3) is 0.0588. The lowest BCUT2D eigenvalue weighted by atomic mass is 9.90. The Hall–Kier alpha value is -2.19. The van der Waals surface area contributed by atoms with Crippen molar-refractivity contribution in [2.24, 2.45) is 0 Å². The largest absolute Gasteiger partial charge is 0.236 e. The minimum atomic E-state index is 0.121. The number of nitrogens with zero attached hydrogens (tertiary/aromatic N) is 2. The molecule has 2 nitrogen and oxygen atoms in total. The number of aromatic nitrogens is 2. The van der Waals surface area contributed by atoms with E-state index in [2.05, 4.69) is 40.3 Å². The Kier molecular flexibility index (Phi) is 2.57. The summed E-state index contributed by atoms with van der Waals surface area (Å²) in [6, 6.07) is 18.7.